The van der Waals surface area contributed by atoms with E-state index in [4.69, 9.17) is 5.73 Å². The van der Waals surface area contributed by atoms with E-state index in [1.165, 1.54) is 5.75 Å². The molecule has 4 heteroatoms. The minimum absolute atomic E-state index is 0.192. The van der Waals surface area contributed by atoms with Crippen molar-refractivity contribution in [1.82, 2.24) is 5.32 Å². The Morgan fingerprint density at radius 3 is 2.71 bits per heavy atom. The molecule has 0 amide bonds. The molecule has 21 heavy (non-hydrogen) atoms. The third-order valence-corrected chi connectivity index (χ3v) is 3.90. The average Bonchev–Trinajstić information content (AvgIpc) is 3.00. The van der Waals surface area contributed by atoms with Gasteiger partial charge >= 0.3 is 0 Å². The number of ketones is 1. The minimum atomic E-state index is 0.192. The molecule has 1 unspecified atom stereocenters. The quantitative estimate of drug-likeness (QED) is 0.495. The third kappa shape index (κ3) is 7.16. The van der Waals surface area contributed by atoms with E-state index < -0.39 is 0 Å². The smallest absolute Gasteiger partial charge is 0.162 e. The van der Waals surface area contributed by atoms with Crippen LogP contribution in [-0.2, 0) is 0 Å². The molecule has 1 heterocycles. The molecule has 1 saturated heterocycles. The average molecular weight is 304 g/mol. The summed E-state index contributed by atoms with van der Waals surface area (Å²) in [6.45, 7) is 5.60. The van der Waals surface area contributed by atoms with Crippen molar-refractivity contribution in [2.75, 3.05) is 17.4 Å². The lowest BCUT2D eigenvalue weighted by Gasteiger charge is -1.98. The topological polar surface area (TPSA) is 55.1 Å². The standard InChI is InChI=1S/C10H13NO.C7H11NS/c1-2-3-10(12)8-4-6-9(11)7-5-8;1-2-3-4-7-5-9-6-8-7/h4-7H,2-3,11H2,1H3;2-4,7-8H,1,5-6H2/b;4-3+. The zero-order chi connectivity index (χ0) is 15.5. The van der Waals surface area contributed by atoms with Gasteiger partial charge in [0.15, 0.2) is 5.78 Å². The molecule has 1 fully saturated rings. The normalized spacial score (nSPS) is 17.3. The van der Waals surface area contributed by atoms with Crippen molar-refractivity contribution in [1.29, 1.82) is 0 Å². The van der Waals surface area contributed by atoms with E-state index in [-0.39, 0.29) is 5.78 Å². The molecule has 114 valence electrons. The first-order valence-corrected chi connectivity index (χ1v) is 8.32. The number of rotatable bonds is 5. The van der Waals surface area contributed by atoms with E-state index in [0.717, 1.165) is 17.9 Å². The minimum Gasteiger partial charge on any atom is -0.399 e. The monoisotopic (exact) mass is 304 g/mol. The van der Waals surface area contributed by atoms with Crippen molar-refractivity contribution in [3.63, 3.8) is 0 Å². The van der Waals surface area contributed by atoms with Crippen LogP contribution in [0.3, 0.4) is 0 Å². The Labute approximate surface area is 131 Å². The fraction of sp³-hybridized carbons (Fsp3) is 0.353. The summed E-state index contributed by atoms with van der Waals surface area (Å²) >= 11 is 1.94. The first kappa shape index (κ1) is 17.5. The Balaban J connectivity index is 0.000000219. The SMILES string of the molecule is C=C/C=C/C1CSCN1.CCCC(=O)c1ccc(N)cc1. The van der Waals surface area contributed by atoms with Gasteiger partial charge in [-0.05, 0) is 30.7 Å². The molecule has 1 aromatic carbocycles. The van der Waals surface area contributed by atoms with Gasteiger partial charge in [0.1, 0.15) is 0 Å². The predicted molar refractivity (Wildman–Crippen MR) is 93.7 cm³/mol. The lowest BCUT2D eigenvalue weighted by molar-refractivity contribution is 0.0982. The summed E-state index contributed by atoms with van der Waals surface area (Å²) in [6.07, 6.45) is 7.45. The summed E-state index contributed by atoms with van der Waals surface area (Å²) in [5, 5.41) is 3.32. The molecule has 1 atom stereocenters. The zero-order valence-electron chi connectivity index (χ0n) is 12.5. The van der Waals surface area contributed by atoms with Crippen molar-refractivity contribution < 1.29 is 4.79 Å². The number of carbonyl (C=O) groups is 1. The van der Waals surface area contributed by atoms with Crippen LogP contribution < -0.4 is 11.1 Å². The van der Waals surface area contributed by atoms with Crippen molar-refractivity contribution in [3.8, 4) is 0 Å². The number of nitrogens with two attached hydrogens (primary N) is 1. The lowest BCUT2D eigenvalue weighted by atomic mass is 10.1. The van der Waals surface area contributed by atoms with Gasteiger partial charge < -0.3 is 11.1 Å². The first-order chi connectivity index (χ1) is 10.2. The van der Waals surface area contributed by atoms with Gasteiger partial charge in [-0.2, -0.15) is 0 Å². The van der Waals surface area contributed by atoms with Crippen LogP contribution in [0, 0.1) is 0 Å². The number of hydrogen-bond donors (Lipinski definition) is 2. The van der Waals surface area contributed by atoms with Gasteiger partial charge in [-0.1, -0.05) is 31.7 Å². The molecule has 0 spiro atoms. The second-order valence-corrected chi connectivity index (χ2v) is 5.77. The van der Waals surface area contributed by atoms with E-state index in [2.05, 4.69) is 18.0 Å². The van der Waals surface area contributed by atoms with E-state index in [1.54, 1.807) is 24.3 Å². The van der Waals surface area contributed by atoms with Crippen molar-refractivity contribution in [2.24, 2.45) is 0 Å². The Kier molecular flexibility index (Phi) is 8.55. The van der Waals surface area contributed by atoms with Gasteiger partial charge in [0, 0.05) is 35.3 Å². The Bertz CT molecular complexity index is 462. The predicted octanol–water partition coefficient (Wildman–Crippen LogP) is 3.64. The maximum atomic E-state index is 11.3. The van der Waals surface area contributed by atoms with Crippen LogP contribution in [0.1, 0.15) is 30.1 Å². The van der Waals surface area contributed by atoms with Crippen LogP contribution in [-0.4, -0.2) is 23.5 Å². The summed E-state index contributed by atoms with van der Waals surface area (Å²) in [7, 11) is 0. The molecule has 2 rings (SSSR count). The van der Waals surface area contributed by atoms with Gasteiger partial charge in [-0.15, -0.1) is 11.8 Å². The second-order valence-electron chi connectivity index (χ2n) is 4.74. The zero-order valence-corrected chi connectivity index (χ0v) is 13.4. The molecule has 0 aliphatic carbocycles. The van der Waals surface area contributed by atoms with Crippen molar-refractivity contribution >= 4 is 23.2 Å². The molecule has 0 aromatic heterocycles. The van der Waals surface area contributed by atoms with Crippen molar-refractivity contribution in [3.05, 3.63) is 54.6 Å². The van der Waals surface area contributed by atoms with Crippen LogP contribution in [0.15, 0.2) is 49.1 Å². The maximum absolute atomic E-state index is 11.3. The van der Waals surface area contributed by atoms with Gasteiger partial charge in [-0.25, -0.2) is 0 Å². The Morgan fingerprint density at radius 1 is 1.48 bits per heavy atom. The number of carbonyl (C=O) groups excluding carboxylic acids is 1. The fourth-order valence-electron chi connectivity index (χ4n) is 1.79. The summed E-state index contributed by atoms with van der Waals surface area (Å²) < 4.78 is 0. The third-order valence-electron chi connectivity index (χ3n) is 2.93. The number of benzene rings is 1. The van der Waals surface area contributed by atoms with Crippen LogP contribution in [0.4, 0.5) is 5.69 Å². The molecule has 3 nitrogen and oxygen atoms in total. The highest BCUT2D eigenvalue weighted by Crippen LogP contribution is 2.10. The number of thioether (sulfide) groups is 1. The molecule has 1 aromatic rings. The molecule has 1 aliphatic heterocycles. The molecule has 0 radical (unpaired) electrons. The van der Waals surface area contributed by atoms with Crippen molar-refractivity contribution in [2.45, 2.75) is 25.8 Å². The first-order valence-electron chi connectivity index (χ1n) is 7.16. The number of Topliss-reactive ketones (excluding diaryl/α,β-unsaturated/α-hetero) is 1. The molecule has 0 saturated carbocycles. The highest BCUT2D eigenvalue weighted by Gasteiger charge is 2.09. The Morgan fingerprint density at radius 2 is 2.19 bits per heavy atom. The molecular weight excluding hydrogens is 280 g/mol. The number of allylic oxidation sites excluding steroid dienone is 2. The highest BCUT2D eigenvalue weighted by molar-refractivity contribution is 7.99. The largest absolute Gasteiger partial charge is 0.399 e. The van der Waals surface area contributed by atoms with Gasteiger partial charge in [0.25, 0.3) is 0 Å². The van der Waals surface area contributed by atoms with E-state index >= 15 is 0 Å². The van der Waals surface area contributed by atoms with Gasteiger partial charge in [0.2, 0.25) is 0 Å². The summed E-state index contributed by atoms with van der Waals surface area (Å²) in [6, 6.07) is 7.62. The van der Waals surface area contributed by atoms with Crippen LogP contribution in [0.5, 0.6) is 0 Å². The fourth-order valence-corrected chi connectivity index (χ4v) is 2.72. The molecule has 3 N–H and O–H groups in total. The molecule has 1 aliphatic rings. The van der Waals surface area contributed by atoms with E-state index in [1.807, 2.05) is 30.8 Å². The van der Waals surface area contributed by atoms with Crippen LogP contribution >= 0.6 is 11.8 Å². The molecule has 0 bridgehead atoms. The second kappa shape index (κ2) is 10.2. The summed E-state index contributed by atoms with van der Waals surface area (Å²) in [5.41, 5.74) is 6.94. The number of anilines is 1. The maximum Gasteiger partial charge on any atom is 0.162 e. The number of nitrogen functional groups attached to an aromatic ring is 1. The van der Waals surface area contributed by atoms with Gasteiger partial charge in [-0.3, -0.25) is 4.79 Å². The van der Waals surface area contributed by atoms with Crippen LogP contribution in [0.2, 0.25) is 0 Å². The van der Waals surface area contributed by atoms with Gasteiger partial charge in [0.05, 0.1) is 0 Å². The summed E-state index contributed by atoms with van der Waals surface area (Å²) in [4.78, 5) is 11.3. The summed E-state index contributed by atoms with van der Waals surface area (Å²) in [5.74, 6) is 2.48. The van der Waals surface area contributed by atoms with E-state index in [9.17, 15) is 4.79 Å². The number of hydrogen-bond acceptors (Lipinski definition) is 4. The van der Waals surface area contributed by atoms with Crippen LogP contribution in [0.25, 0.3) is 0 Å². The molecular formula is C17H24N2OS. The lowest BCUT2D eigenvalue weighted by Crippen LogP contribution is -2.20. The number of nitrogens with one attached hydrogen (secondary N) is 1. The highest BCUT2D eigenvalue weighted by atomic mass is 32.2. The Hall–Kier alpha value is -1.52. The van der Waals surface area contributed by atoms with E-state index in [0.29, 0.717) is 18.2 Å².